The van der Waals surface area contributed by atoms with Crippen molar-refractivity contribution in [1.29, 1.82) is 0 Å². The summed E-state index contributed by atoms with van der Waals surface area (Å²) in [5.41, 5.74) is -0.393. The van der Waals surface area contributed by atoms with E-state index >= 15 is 0 Å². The third-order valence-corrected chi connectivity index (χ3v) is 7.62. The van der Waals surface area contributed by atoms with Crippen LogP contribution in [0.1, 0.15) is 84.9 Å². The molecule has 0 spiro atoms. The number of hydrogen-bond acceptors (Lipinski definition) is 8. The van der Waals surface area contributed by atoms with E-state index < -0.39 is 41.4 Å². The standard InChI is InChI=1S/C26H41NO6S/c1-15-10-9-11-25(5,6)33-24(16(2)12-19-14-34-18(4)27-19)32-21(29)13-20(28)26(7,8)23(31)17(3)22(15)30/h12,14-15,17,20,22,24,28,30H,9-11,13H2,1-8H3/b16-12+. The van der Waals surface area contributed by atoms with Crippen LogP contribution < -0.4 is 0 Å². The van der Waals surface area contributed by atoms with E-state index in [1.807, 2.05) is 46.1 Å². The Morgan fingerprint density at radius 3 is 2.44 bits per heavy atom. The highest BCUT2D eigenvalue weighted by Crippen LogP contribution is 2.33. The van der Waals surface area contributed by atoms with E-state index in [1.165, 1.54) is 11.3 Å². The van der Waals surface area contributed by atoms with Crippen molar-refractivity contribution in [3.63, 3.8) is 0 Å². The van der Waals surface area contributed by atoms with Crippen molar-refractivity contribution < 1.29 is 29.3 Å². The van der Waals surface area contributed by atoms with Gasteiger partial charge in [0.1, 0.15) is 5.78 Å². The first-order valence-electron chi connectivity index (χ1n) is 12.0. The predicted molar refractivity (Wildman–Crippen MR) is 133 cm³/mol. The second kappa shape index (κ2) is 11.4. The second-order valence-corrected chi connectivity index (χ2v) is 11.9. The van der Waals surface area contributed by atoms with Crippen molar-refractivity contribution in [3.05, 3.63) is 21.7 Å². The zero-order valence-electron chi connectivity index (χ0n) is 21.8. The van der Waals surface area contributed by atoms with Crippen LogP contribution in [0.4, 0.5) is 0 Å². The van der Waals surface area contributed by atoms with E-state index in [2.05, 4.69) is 4.98 Å². The monoisotopic (exact) mass is 495 g/mol. The molecule has 5 unspecified atom stereocenters. The van der Waals surface area contributed by atoms with Crippen molar-refractivity contribution in [2.75, 3.05) is 0 Å². The summed E-state index contributed by atoms with van der Waals surface area (Å²) in [7, 11) is 0. The Labute approximate surface area is 207 Å². The Balaban J connectivity index is 2.37. The molecule has 34 heavy (non-hydrogen) atoms. The number of esters is 1. The summed E-state index contributed by atoms with van der Waals surface area (Å²) in [5.74, 6) is -1.70. The molecule has 1 saturated heterocycles. The molecule has 2 N–H and O–H groups in total. The van der Waals surface area contributed by atoms with E-state index in [0.717, 1.165) is 17.1 Å². The molecule has 0 saturated carbocycles. The Kier molecular flexibility index (Phi) is 9.61. The van der Waals surface area contributed by atoms with Gasteiger partial charge in [-0.2, -0.15) is 0 Å². The average Bonchev–Trinajstić information content (AvgIpc) is 3.14. The van der Waals surface area contributed by atoms with Crippen molar-refractivity contribution in [1.82, 2.24) is 4.98 Å². The second-order valence-electron chi connectivity index (χ2n) is 10.8. The quantitative estimate of drug-likeness (QED) is 0.574. The predicted octanol–water partition coefficient (Wildman–Crippen LogP) is 4.68. The maximum absolute atomic E-state index is 13.1. The number of aliphatic hydroxyl groups is 2. The van der Waals surface area contributed by atoms with E-state index in [9.17, 15) is 19.8 Å². The zero-order valence-corrected chi connectivity index (χ0v) is 22.6. The minimum Gasteiger partial charge on any atom is -0.432 e. The van der Waals surface area contributed by atoms with Crippen LogP contribution in [-0.2, 0) is 19.1 Å². The smallest absolute Gasteiger partial charge is 0.311 e. The third kappa shape index (κ3) is 7.44. The Bertz CT molecular complexity index is 890. The first kappa shape index (κ1) is 28.6. The molecule has 0 bridgehead atoms. The number of hydrogen-bond donors (Lipinski definition) is 2. The number of thiazole rings is 1. The maximum Gasteiger partial charge on any atom is 0.311 e. The molecule has 0 aromatic carbocycles. The van der Waals surface area contributed by atoms with Gasteiger partial charge in [-0.15, -0.1) is 11.3 Å². The molecule has 2 rings (SSSR count). The average molecular weight is 496 g/mol. The number of rotatable bonds is 2. The highest BCUT2D eigenvalue weighted by atomic mass is 32.1. The van der Waals surface area contributed by atoms with Crippen molar-refractivity contribution in [2.45, 2.75) is 105 Å². The van der Waals surface area contributed by atoms with Gasteiger partial charge in [0.2, 0.25) is 6.29 Å². The summed E-state index contributed by atoms with van der Waals surface area (Å²) in [6.45, 7) is 14.5. The fourth-order valence-electron chi connectivity index (χ4n) is 4.31. The zero-order chi connectivity index (χ0) is 25.8. The van der Waals surface area contributed by atoms with Gasteiger partial charge in [0.05, 0.1) is 40.3 Å². The van der Waals surface area contributed by atoms with E-state index in [0.29, 0.717) is 18.4 Å². The van der Waals surface area contributed by atoms with Gasteiger partial charge < -0.3 is 19.7 Å². The molecular formula is C26H41NO6S. The van der Waals surface area contributed by atoms with Crippen LogP contribution in [0.3, 0.4) is 0 Å². The van der Waals surface area contributed by atoms with Crippen LogP contribution in [0.2, 0.25) is 0 Å². The van der Waals surface area contributed by atoms with Gasteiger partial charge in [0.25, 0.3) is 0 Å². The fraction of sp³-hybridized carbons (Fsp3) is 0.731. The largest absolute Gasteiger partial charge is 0.432 e. The molecule has 1 aliphatic heterocycles. The lowest BCUT2D eigenvalue weighted by Gasteiger charge is -2.34. The lowest BCUT2D eigenvalue weighted by Crippen LogP contribution is -2.45. The topological polar surface area (TPSA) is 106 Å². The number of ether oxygens (including phenoxy) is 2. The minimum absolute atomic E-state index is 0.101. The lowest BCUT2D eigenvalue weighted by molar-refractivity contribution is -0.197. The van der Waals surface area contributed by atoms with Gasteiger partial charge >= 0.3 is 5.97 Å². The number of aliphatic hydroxyl groups excluding tert-OH is 2. The van der Waals surface area contributed by atoms with Gasteiger partial charge in [-0.3, -0.25) is 9.59 Å². The first-order chi connectivity index (χ1) is 15.6. The van der Waals surface area contributed by atoms with Crippen LogP contribution in [0.15, 0.2) is 11.0 Å². The van der Waals surface area contributed by atoms with Crippen LogP contribution in [0.25, 0.3) is 6.08 Å². The lowest BCUT2D eigenvalue weighted by atomic mass is 9.73. The Hall–Kier alpha value is -1.61. The molecule has 7 nitrogen and oxygen atoms in total. The molecular weight excluding hydrogens is 454 g/mol. The normalized spacial score (nSPS) is 31.9. The molecule has 192 valence electrons. The molecule has 5 atom stereocenters. The number of nitrogens with zero attached hydrogens (tertiary/aromatic N) is 1. The SMILES string of the molecule is C/C(=C\c1csc(C)n1)C1OC(=O)CC(O)C(C)(C)C(=O)C(C)C(O)C(C)CCCC(C)(C)O1. The van der Waals surface area contributed by atoms with Gasteiger partial charge in [0.15, 0.2) is 0 Å². The molecule has 8 heteroatoms. The molecule has 1 fully saturated rings. The highest BCUT2D eigenvalue weighted by Gasteiger charge is 2.42. The first-order valence-corrected chi connectivity index (χ1v) is 12.9. The third-order valence-electron chi connectivity index (χ3n) is 6.82. The molecule has 2 heterocycles. The van der Waals surface area contributed by atoms with Crippen molar-refractivity contribution in [2.24, 2.45) is 17.3 Å². The number of aryl methyl sites for hydroxylation is 1. The maximum atomic E-state index is 13.1. The molecule has 1 aromatic heterocycles. The minimum atomic E-state index is -1.26. The van der Waals surface area contributed by atoms with Gasteiger partial charge in [-0.1, -0.05) is 34.1 Å². The van der Waals surface area contributed by atoms with Crippen LogP contribution in [-0.4, -0.2) is 51.0 Å². The molecule has 0 amide bonds. The molecule has 0 aliphatic carbocycles. The Morgan fingerprint density at radius 2 is 1.85 bits per heavy atom. The summed E-state index contributed by atoms with van der Waals surface area (Å²) in [5, 5.41) is 24.5. The van der Waals surface area contributed by atoms with Crippen LogP contribution >= 0.6 is 11.3 Å². The van der Waals surface area contributed by atoms with E-state index in [-0.39, 0.29) is 18.1 Å². The number of aromatic nitrogens is 1. The van der Waals surface area contributed by atoms with Crippen molar-refractivity contribution in [3.8, 4) is 0 Å². The van der Waals surface area contributed by atoms with Crippen LogP contribution in [0, 0.1) is 24.2 Å². The molecule has 0 radical (unpaired) electrons. The summed E-state index contributed by atoms with van der Waals surface area (Å²) in [6.07, 6.45) is 0.580. The van der Waals surface area contributed by atoms with E-state index in [1.54, 1.807) is 20.8 Å². The summed E-state index contributed by atoms with van der Waals surface area (Å²) in [4.78, 5) is 30.4. The highest BCUT2D eigenvalue weighted by molar-refractivity contribution is 7.09. The number of cyclic esters (lactones) is 1. The molecule has 1 aromatic rings. The number of ketones is 1. The number of carbonyl (C=O) groups excluding carboxylic acids is 2. The van der Waals surface area contributed by atoms with E-state index in [4.69, 9.17) is 9.47 Å². The van der Waals surface area contributed by atoms with Crippen LogP contribution in [0.5, 0.6) is 0 Å². The van der Waals surface area contributed by atoms with Gasteiger partial charge in [0, 0.05) is 11.3 Å². The molecule has 1 aliphatic rings. The fourth-order valence-corrected chi connectivity index (χ4v) is 4.88. The van der Waals surface area contributed by atoms with Gasteiger partial charge in [-0.25, -0.2) is 4.98 Å². The Morgan fingerprint density at radius 1 is 1.21 bits per heavy atom. The van der Waals surface area contributed by atoms with Gasteiger partial charge in [-0.05, 0) is 58.1 Å². The number of carbonyl (C=O) groups is 2. The van der Waals surface area contributed by atoms with Crippen molar-refractivity contribution >= 4 is 29.2 Å². The summed E-state index contributed by atoms with van der Waals surface area (Å²) < 4.78 is 12.0. The summed E-state index contributed by atoms with van der Waals surface area (Å²) in [6, 6.07) is 0. The summed E-state index contributed by atoms with van der Waals surface area (Å²) >= 11 is 1.53. The number of Topliss-reactive ketones (excluding diaryl/α,β-unsaturated/α-hetero) is 1.